The molecule has 1 saturated heterocycles. The van der Waals surface area contributed by atoms with Gasteiger partial charge in [-0.15, -0.1) is 57.5 Å². The van der Waals surface area contributed by atoms with Gasteiger partial charge >= 0.3 is 59.8 Å². The molecule has 0 bridgehead atoms. The normalized spacial score (nSPS) is 11.9. The topological polar surface area (TPSA) is 160 Å². The van der Waals surface area contributed by atoms with Crippen LogP contribution in [0.2, 0.25) is 30.1 Å². The van der Waals surface area contributed by atoms with Gasteiger partial charge in [-0.25, -0.2) is 0 Å². The minimum atomic E-state index is -1.08. The number of carbonyl (C=O) groups excluding carboxylic acids is 5. The van der Waals surface area contributed by atoms with E-state index >= 15 is 0 Å². The van der Waals surface area contributed by atoms with Gasteiger partial charge in [0.1, 0.15) is 6.42 Å². The van der Waals surface area contributed by atoms with Gasteiger partial charge in [-0.2, -0.15) is 35.7 Å². The predicted molar refractivity (Wildman–Crippen MR) is 432 cm³/mol. The molecule has 4 aromatic heterocycles. The molecule has 11 nitrogen and oxygen atoms in total. The van der Waals surface area contributed by atoms with Gasteiger partial charge in [-0.1, -0.05) is 162 Å². The van der Waals surface area contributed by atoms with Gasteiger partial charge in [0.25, 0.3) is 5.79 Å². The Balaban J connectivity index is 0.000000199. The molecule has 534 valence electrons. The molecule has 12 rings (SSSR count). The van der Waals surface area contributed by atoms with Gasteiger partial charge in [-0.3, -0.25) is 28.8 Å². The van der Waals surface area contributed by atoms with Crippen molar-refractivity contribution in [2.45, 2.75) is 117 Å². The summed E-state index contributed by atoms with van der Waals surface area (Å²) in [5, 5.41) is 17.4. The van der Waals surface area contributed by atoms with E-state index in [0.717, 1.165) is 89.3 Å². The third-order valence-corrected chi connectivity index (χ3v) is 23.6. The second-order valence-corrected chi connectivity index (χ2v) is 31.6. The third-order valence-electron chi connectivity index (χ3n) is 14.7. The van der Waals surface area contributed by atoms with Crippen LogP contribution in [0.25, 0.3) is 40.3 Å². The van der Waals surface area contributed by atoms with Crippen LogP contribution in [0.1, 0.15) is 131 Å². The quantitative estimate of drug-likeness (QED) is 0.0147. The molecule has 0 aliphatic carbocycles. The molecule has 7 aromatic carbocycles. The van der Waals surface area contributed by atoms with Crippen LogP contribution in [0, 0.1) is 6.92 Å². The molecule has 1 aliphatic rings. The van der Waals surface area contributed by atoms with Crippen molar-refractivity contribution in [3.8, 4) is 0 Å². The number of carboxylic acid groups (broad SMARTS) is 1. The maximum atomic E-state index is 11.8. The number of ether oxygens (including phenoxy) is 4. The molecule has 1 N–H and O–H groups in total. The first kappa shape index (κ1) is 86.0. The van der Waals surface area contributed by atoms with Gasteiger partial charge in [0, 0.05) is 89.2 Å². The number of hydrogen-bond acceptors (Lipinski definition) is 14. The number of carboxylic acids is 1. The Labute approximate surface area is 674 Å². The standard InChI is InChI=1S/C22H22Cl2O2S.C18H14Cl2O2S.C15H17BrO2S.C9H5BrOS.C7H5Cl2.C6H8O4.BrH.Zn/c1-2-3-12-26-21(25)11-10-17-13-15-6-4-7-16(22(15)27-17)14-18-19(23)8-5-9-20(18)24;19-15-5-2-6-16(20)14(15)10-12-4-1-3-11-9-13(23-18(11)12)7-8-17(21)22;1-2-3-9-18-14(17)8-7-12-10-11-5-4-6-13(16)15(11)19-12;10-8-3-1-2-6-4-7(5-11)12-9(6)8;1-5-6(8)3-2-4-7(5)9;1-6(2)9-4(7)3-5(8)10-6;;/h4-9,13H,2-3,10-12,14H2,1H3;1-6,9H,7-8,10H2,(H,21,22);4-6,10H,2-3,7-9H2,1H3;1-5H;2-4H,1H2;3H2,1-2H3;1H;/q;;;;-1;;;+2/p-1. The van der Waals surface area contributed by atoms with E-state index < -0.39 is 23.7 Å². The van der Waals surface area contributed by atoms with E-state index in [4.69, 9.17) is 84.2 Å². The van der Waals surface area contributed by atoms with Crippen molar-refractivity contribution in [3.05, 3.63) is 245 Å². The number of carbonyl (C=O) groups is 6. The van der Waals surface area contributed by atoms with Crippen molar-refractivity contribution in [3.63, 3.8) is 0 Å². The number of aliphatic carboxylic acids is 1. The summed E-state index contributed by atoms with van der Waals surface area (Å²) in [6.07, 6.45) is 8.97. The molecule has 0 saturated carbocycles. The number of thiophene rings is 4. The number of aryl methyl sites for hydroxylation is 3. The summed E-state index contributed by atoms with van der Waals surface area (Å²) in [5.74, 6) is -3.12. The zero-order valence-corrected chi connectivity index (χ0v) is 71.6. The van der Waals surface area contributed by atoms with E-state index in [1.807, 2.05) is 84.9 Å². The van der Waals surface area contributed by atoms with Crippen LogP contribution in [0.5, 0.6) is 0 Å². The Kier molecular flexibility index (Phi) is 37.3. The summed E-state index contributed by atoms with van der Waals surface area (Å²) in [5.41, 5.74) is 4.92. The Bertz CT molecular complexity index is 4550. The number of halogens is 9. The molecule has 0 unspecified atom stereocenters. The second-order valence-electron chi connectivity index (χ2n) is 22.9. The molecule has 102 heavy (non-hydrogen) atoms. The number of aldehydes is 1. The first-order valence-electron chi connectivity index (χ1n) is 32.0. The number of rotatable bonds is 20. The molecule has 11 aromatic rings. The summed E-state index contributed by atoms with van der Waals surface area (Å²) in [7, 11) is 0. The maximum absolute atomic E-state index is 11.8. The van der Waals surface area contributed by atoms with Gasteiger partial charge in [0.05, 0.1) is 37.4 Å². The molecule has 1 fully saturated rings. The average molecular weight is 1820 g/mol. The molecule has 0 radical (unpaired) electrons. The van der Waals surface area contributed by atoms with Crippen molar-refractivity contribution in [1.29, 1.82) is 0 Å². The number of hydrogen-bond donors (Lipinski definition) is 1. The molecule has 5 heterocycles. The number of benzene rings is 7. The molecular formula is C77H71Br3Cl6O11S4Zn. The Morgan fingerprint density at radius 2 is 0.873 bits per heavy atom. The fourth-order valence-electron chi connectivity index (χ4n) is 9.75. The van der Waals surface area contributed by atoms with E-state index in [1.165, 1.54) is 81.7 Å². The molecule has 0 spiro atoms. The monoisotopic (exact) mass is 1810 g/mol. The number of unbranched alkanes of at least 4 members (excludes halogenated alkanes) is 2. The molecular weight excluding hydrogens is 1750 g/mol. The second kappa shape index (κ2) is 44.3. The van der Waals surface area contributed by atoms with Crippen LogP contribution in [-0.4, -0.2) is 60.2 Å². The predicted octanol–water partition coefficient (Wildman–Crippen LogP) is 25.5. The first-order valence-corrected chi connectivity index (χ1v) is 46.1. The Morgan fingerprint density at radius 1 is 0.529 bits per heavy atom. The van der Waals surface area contributed by atoms with Crippen molar-refractivity contribution < 1.29 is 69.2 Å². The van der Waals surface area contributed by atoms with Gasteiger partial charge in [-0.05, 0) is 168 Å². The van der Waals surface area contributed by atoms with Crippen LogP contribution >= 0.6 is 160 Å². The fraction of sp³-hybridized carbons (Fsp3) is 0.260. The number of fused-ring (bicyclic) bond motifs is 4. The van der Waals surface area contributed by atoms with Crippen LogP contribution in [0.15, 0.2) is 161 Å². The molecule has 0 amide bonds. The zero-order chi connectivity index (χ0) is 74.5. The summed E-state index contributed by atoms with van der Waals surface area (Å²) >= 11 is 54.4. The van der Waals surface area contributed by atoms with Crippen molar-refractivity contribution in [1.82, 2.24) is 0 Å². The van der Waals surface area contributed by atoms with Crippen LogP contribution in [0.3, 0.4) is 0 Å². The Hall–Kier alpha value is -4.93. The van der Waals surface area contributed by atoms with E-state index in [1.54, 1.807) is 52.2 Å². The molecule has 25 heteroatoms. The van der Waals surface area contributed by atoms with E-state index in [9.17, 15) is 28.8 Å². The van der Waals surface area contributed by atoms with Crippen LogP contribution in [0.4, 0.5) is 0 Å². The SMILES string of the molecule is CC1(C)OC(=O)CC(=O)O1.CCCCOC(=O)CCc1cc2cccc(Br)c2s1.CCCCOC(=O)CCc1cc2cccc(Cc3c(Cl)cccc3Cl)c2s1.O=C(O)CCc1cc2cccc(Cc3c(Cl)cccc3Cl)c2s1.O=Cc1cc2cccc(Br)c2s1.[CH2-]c1c(Cl)cccc1Cl.[Zn+][Br]. The summed E-state index contributed by atoms with van der Waals surface area (Å²) < 4.78 is 26.7. The van der Waals surface area contributed by atoms with E-state index in [0.29, 0.717) is 87.4 Å². The summed E-state index contributed by atoms with van der Waals surface area (Å²) in [6.45, 7) is 11.9. The summed E-state index contributed by atoms with van der Waals surface area (Å²) in [6, 6.07) is 49.2. The number of cyclic esters (lactones) is 2. The first-order chi connectivity index (χ1) is 48.8. The fourth-order valence-corrected chi connectivity index (χ4v) is 16.7. The van der Waals surface area contributed by atoms with Gasteiger partial charge in [0.15, 0.2) is 6.29 Å². The number of esters is 4. The van der Waals surface area contributed by atoms with E-state index in [-0.39, 0.29) is 24.8 Å². The zero-order valence-electron chi connectivity index (χ0n) is 56.1. The van der Waals surface area contributed by atoms with Gasteiger partial charge in [0.2, 0.25) is 0 Å². The minimum absolute atomic E-state index is 0.0926. The van der Waals surface area contributed by atoms with Crippen LogP contribution in [-0.2, 0) is 91.4 Å². The van der Waals surface area contributed by atoms with Crippen molar-refractivity contribution in [2.24, 2.45) is 0 Å². The average Bonchev–Trinajstić information content (AvgIpc) is 1.63. The summed E-state index contributed by atoms with van der Waals surface area (Å²) in [4.78, 5) is 70.0. The third kappa shape index (κ3) is 27.8. The Morgan fingerprint density at radius 3 is 1.23 bits per heavy atom. The van der Waals surface area contributed by atoms with Gasteiger partial charge < -0.3 is 24.1 Å². The van der Waals surface area contributed by atoms with E-state index in [2.05, 4.69) is 124 Å². The molecule has 0 atom stereocenters. The van der Waals surface area contributed by atoms with Crippen molar-refractivity contribution >= 4 is 237 Å². The van der Waals surface area contributed by atoms with Crippen LogP contribution < -0.4 is 0 Å². The molecule has 1 aliphatic heterocycles. The van der Waals surface area contributed by atoms with Crippen molar-refractivity contribution in [2.75, 3.05) is 13.2 Å².